The maximum Gasteiger partial charge on any atom is 0.415 e. The molecule has 2 fully saturated rings. The van der Waals surface area contributed by atoms with Crippen LogP contribution in [0.1, 0.15) is 70.6 Å². The first kappa shape index (κ1) is 30.7. The van der Waals surface area contributed by atoms with Gasteiger partial charge in [0.2, 0.25) is 0 Å². The fourth-order valence-corrected chi connectivity index (χ4v) is 6.36. The minimum atomic E-state index is -0.926. The van der Waals surface area contributed by atoms with Gasteiger partial charge in [-0.2, -0.15) is 0 Å². The molecule has 11 heteroatoms. The predicted octanol–water partition coefficient (Wildman–Crippen LogP) is 5.72. The summed E-state index contributed by atoms with van der Waals surface area (Å²) in [6.07, 6.45) is 1.93. The van der Waals surface area contributed by atoms with Crippen LogP contribution in [0.25, 0.3) is 0 Å². The number of ketones is 2. The number of pyridine rings is 1. The molecule has 0 saturated carbocycles. The van der Waals surface area contributed by atoms with E-state index in [0.29, 0.717) is 38.0 Å². The van der Waals surface area contributed by atoms with Gasteiger partial charge in [-0.25, -0.2) is 13.6 Å². The summed E-state index contributed by atoms with van der Waals surface area (Å²) in [7, 11) is 0. The Kier molecular flexibility index (Phi) is 9.49. The van der Waals surface area contributed by atoms with Crippen LogP contribution in [-0.4, -0.2) is 59.8 Å². The van der Waals surface area contributed by atoms with Gasteiger partial charge >= 0.3 is 6.09 Å². The normalized spacial score (nSPS) is 21.8. The number of nitrogens with one attached hydrogen (secondary N) is 2. The minimum absolute atomic E-state index is 0.0232. The monoisotopic (exact) mass is 610 g/mol. The van der Waals surface area contributed by atoms with Crippen molar-refractivity contribution < 1.29 is 27.9 Å². The number of Topliss-reactive ketones (excluding diaryl/α,β-unsaturated/α-hetero) is 2. The molecule has 1 amide bonds. The molecule has 0 bridgehead atoms. The van der Waals surface area contributed by atoms with Crippen molar-refractivity contribution in [3.05, 3.63) is 93.8 Å². The van der Waals surface area contributed by atoms with Crippen LogP contribution in [0.4, 0.5) is 13.6 Å². The van der Waals surface area contributed by atoms with Crippen LogP contribution in [0, 0.1) is 17.6 Å². The van der Waals surface area contributed by atoms with Gasteiger partial charge in [-0.15, -0.1) is 0 Å². The van der Waals surface area contributed by atoms with Gasteiger partial charge < -0.3 is 20.3 Å². The number of amides is 1. The maximum atomic E-state index is 16.2. The van der Waals surface area contributed by atoms with Crippen LogP contribution in [-0.2, 0) is 0 Å². The lowest BCUT2D eigenvalue weighted by Crippen LogP contribution is -2.45. The summed E-state index contributed by atoms with van der Waals surface area (Å²) in [5, 5.41) is 6.25. The Balaban J connectivity index is 1.50. The van der Waals surface area contributed by atoms with Crippen LogP contribution in [0.2, 0.25) is 5.02 Å². The first-order valence-electron chi connectivity index (χ1n) is 14.4. The van der Waals surface area contributed by atoms with Gasteiger partial charge in [0.25, 0.3) is 0 Å². The Morgan fingerprint density at radius 2 is 1.88 bits per heavy atom. The highest BCUT2D eigenvalue weighted by Gasteiger charge is 2.41. The van der Waals surface area contributed by atoms with Crippen LogP contribution >= 0.6 is 11.6 Å². The molecule has 43 heavy (non-hydrogen) atoms. The predicted molar refractivity (Wildman–Crippen MR) is 158 cm³/mol. The van der Waals surface area contributed by atoms with Crippen molar-refractivity contribution in [3.63, 3.8) is 0 Å². The third-order valence-electron chi connectivity index (χ3n) is 8.26. The first-order chi connectivity index (χ1) is 20.7. The van der Waals surface area contributed by atoms with E-state index in [1.807, 2.05) is 18.2 Å². The molecule has 1 aromatic heterocycles. The molecule has 0 radical (unpaired) electrons. The molecule has 3 heterocycles. The SMILES string of the molecule is CCN(C(=O)Oc1ccc(F)cc1)[C@@H]1CNC[C@H]1c1cc(C(C)=O)c(Cl)c(F)c1C(=O)C1CCNC(c2ccccn2)C1. The zero-order chi connectivity index (χ0) is 30.7. The Bertz CT molecular complexity index is 1510. The van der Waals surface area contributed by atoms with Crippen molar-refractivity contribution in [2.45, 2.75) is 44.7 Å². The summed E-state index contributed by atoms with van der Waals surface area (Å²) in [6, 6.07) is 11.5. The zero-order valence-corrected chi connectivity index (χ0v) is 24.7. The topological polar surface area (TPSA) is 101 Å². The first-order valence-corrected chi connectivity index (χ1v) is 14.7. The second-order valence-electron chi connectivity index (χ2n) is 10.9. The van der Waals surface area contributed by atoms with E-state index in [-0.39, 0.29) is 34.5 Å². The molecule has 5 rings (SSSR count). The smallest absolute Gasteiger partial charge is 0.410 e. The molecule has 0 spiro atoms. The van der Waals surface area contributed by atoms with Crippen molar-refractivity contribution in [1.29, 1.82) is 0 Å². The number of ether oxygens (including phenoxy) is 1. The molecule has 226 valence electrons. The zero-order valence-electron chi connectivity index (χ0n) is 23.9. The van der Waals surface area contributed by atoms with Crippen molar-refractivity contribution in [2.24, 2.45) is 5.92 Å². The van der Waals surface area contributed by atoms with E-state index in [4.69, 9.17) is 16.3 Å². The lowest BCUT2D eigenvalue weighted by Gasteiger charge is -2.33. The van der Waals surface area contributed by atoms with Crippen molar-refractivity contribution >= 4 is 29.3 Å². The van der Waals surface area contributed by atoms with Crippen LogP contribution in [0.5, 0.6) is 5.75 Å². The average molecular weight is 611 g/mol. The van der Waals surface area contributed by atoms with Crippen LogP contribution in [0.15, 0.2) is 54.7 Å². The number of halogens is 3. The van der Waals surface area contributed by atoms with E-state index in [9.17, 15) is 18.8 Å². The summed E-state index contributed by atoms with van der Waals surface area (Å²) >= 11 is 6.36. The van der Waals surface area contributed by atoms with E-state index in [2.05, 4.69) is 15.6 Å². The number of hydrogen-bond acceptors (Lipinski definition) is 7. The van der Waals surface area contributed by atoms with Crippen molar-refractivity contribution in [3.8, 4) is 5.75 Å². The lowest BCUT2D eigenvalue weighted by molar-refractivity contribution is 0.0870. The number of hydrogen-bond donors (Lipinski definition) is 2. The highest BCUT2D eigenvalue weighted by molar-refractivity contribution is 6.34. The molecule has 2 unspecified atom stereocenters. The van der Waals surface area contributed by atoms with Gasteiger partial charge in [0.05, 0.1) is 28.4 Å². The summed E-state index contributed by atoms with van der Waals surface area (Å²) in [4.78, 5) is 45.9. The number of carbonyl (C=O) groups is 3. The number of rotatable bonds is 8. The number of carbonyl (C=O) groups excluding carboxylic acids is 3. The molecule has 4 atom stereocenters. The molecular formula is C32H33ClF2N4O4. The van der Waals surface area contributed by atoms with Crippen LogP contribution in [0.3, 0.4) is 0 Å². The average Bonchev–Trinajstić information content (AvgIpc) is 3.49. The van der Waals surface area contributed by atoms with E-state index in [1.54, 1.807) is 13.1 Å². The van der Waals surface area contributed by atoms with Crippen molar-refractivity contribution in [2.75, 3.05) is 26.2 Å². The minimum Gasteiger partial charge on any atom is -0.410 e. The summed E-state index contributed by atoms with van der Waals surface area (Å²) in [5.41, 5.74) is 0.949. The second-order valence-corrected chi connectivity index (χ2v) is 11.2. The molecule has 2 saturated heterocycles. The van der Waals surface area contributed by atoms with Crippen LogP contribution < -0.4 is 15.4 Å². The molecule has 3 aromatic rings. The number of nitrogens with zero attached hydrogens (tertiary/aromatic N) is 2. The standard InChI is InChI=1S/C32H33ClF2N4O4/c1-3-39(32(42)43-21-9-7-20(34)8-10-21)27-17-36-16-24(27)23-15-22(18(2)40)29(33)30(35)28(23)31(41)19-11-13-38-26(14-19)25-6-4-5-12-37-25/h4-10,12,15,19,24,26-27,36,38H,3,11,13-14,16-17H2,1-2H3/t19?,24-,26?,27+/m0/s1. The molecular weight excluding hydrogens is 578 g/mol. The van der Waals surface area contributed by atoms with E-state index in [1.165, 1.54) is 42.2 Å². The molecule has 0 aliphatic carbocycles. The van der Waals surface area contributed by atoms with E-state index >= 15 is 4.39 Å². The fraction of sp³-hybridized carbons (Fsp3) is 0.375. The Labute approximate surface area is 253 Å². The molecule has 2 aliphatic rings. The van der Waals surface area contributed by atoms with Gasteiger partial charge in [-0.1, -0.05) is 17.7 Å². The lowest BCUT2D eigenvalue weighted by atomic mass is 9.79. The summed E-state index contributed by atoms with van der Waals surface area (Å²) < 4.78 is 35.0. The fourth-order valence-electron chi connectivity index (χ4n) is 6.08. The van der Waals surface area contributed by atoms with Crippen molar-refractivity contribution in [1.82, 2.24) is 20.5 Å². The Hall–Kier alpha value is -3.73. The van der Waals surface area contributed by atoms with Gasteiger partial charge in [-0.3, -0.25) is 14.6 Å². The van der Waals surface area contributed by atoms with E-state index < -0.39 is 47.2 Å². The van der Waals surface area contributed by atoms with Gasteiger partial charge in [0.15, 0.2) is 17.4 Å². The third kappa shape index (κ3) is 6.46. The van der Waals surface area contributed by atoms with Gasteiger partial charge in [0, 0.05) is 43.2 Å². The molecule has 2 aliphatic heterocycles. The molecule has 2 N–H and O–H groups in total. The second kappa shape index (κ2) is 13.3. The largest absolute Gasteiger partial charge is 0.415 e. The highest BCUT2D eigenvalue weighted by Crippen LogP contribution is 2.39. The number of likely N-dealkylation sites (N-methyl/N-ethyl adjacent to an activating group) is 1. The quantitative estimate of drug-likeness (QED) is 0.315. The van der Waals surface area contributed by atoms with E-state index in [0.717, 1.165) is 5.69 Å². The molecule has 2 aromatic carbocycles. The number of benzene rings is 2. The highest BCUT2D eigenvalue weighted by atomic mass is 35.5. The molecule has 8 nitrogen and oxygen atoms in total. The number of piperidine rings is 1. The van der Waals surface area contributed by atoms with Gasteiger partial charge in [0.1, 0.15) is 11.6 Å². The van der Waals surface area contributed by atoms with Gasteiger partial charge in [-0.05, 0) is 81.3 Å². The summed E-state index contributed by atoms with van der Waals surface area (Å²) in [5.74, 6) is -3.10. The summed E-state index contributed by atoms with van der Waals surface area (Å²) in [6.45, 7) is 4.54. The third-order valence-corrected chi connectivity index (χ3v) is 8.63. The maximum absolute atomic E-state index is 16.2. The Morgan fingerprint density at radius 3 is 2.56 bits per heavy atom. The Morgan fingerprint density at radius 1 is 1.12 bits per heavy atom. The number of aromatic nitrogens is 1.